The highest BCUT2D eigenvalue weighted by Crippen LogP contribution is 2.32. The number of sulfonamides is 1. The summed E-state index contributed by atoms with van der Waals surface area (Å²) in [6.45, 7) is 0. The van der Waals surface area contributed by atoms with Gasteiger partial charge < -0.3 is 5.32 Å². The third-order valence-corrected chi connectivity index (χ3v) is 5.59. The molecule has 0 saturated heterocycles. The van der Waals surface area contributed by atoms with Gasteiger partial charge in [-0.25, -0.2) is 17.9 Å². The lowest BCUT2D eigenvalue weighted by Crippen LogP contribution is -2.15. The van der Waals surface area contributed by atoms with Gasteiger partial charge in [0.05, 0.1) is 18.0 Å². The van der Waals surface area contributed by atoms with Crippen LogP contribution in [0.1, 0.15) is 10.4 Å². The molecule has 112 valence electrons. The van der Waals surface area contributed by atoms with Crippen LogP contribution in [0.15, 0.2) is 36.7 Å². The quantitative estimate of drug-likeness (QED) is 0.740. The molecule has 0 saturated carbocycles. The Morgan fingerprint density at radius 1 is 1.24 bits per heavy atom. The summed E-state index contributed by atoms with van der Waals surface area (Å²) in [6, 6.07) is 4.46. The second kappa shape index (κ2) is 6.13. The molecular formula is C11H7Br2FN2O3S2. The number of rotatable bonds is 3. The minimum atomic E-state index is -4.06. The van der Waals surface area contributed by atoms with Crippen molar-refractivity contribution in [2.24, 2.45) is 5.14 Å². The highest BCUT2D eigenvalue weighted by molar-refractivity contribution is 9.12. The number of benzene rings is 1. The Morgan fingerprint density at radius 3 is 2.43 bits per heavy atom. The molecule has 1 aromatic carbocycles. The summed E-state index contributed by atoms with van der Waals surface area (Å²) >= 11 is 7.77. The molecule has 2 rings (SSSR count). The molecule has 0 unspecified atom stereocenters. The maximum absolute atomic E-state index is 13.4. The molecule has 1 heterocycles. The van der Waals surface area contributed by atoms with Gasteiger partial charge in [-0.3, -0.25) is 4.79 Å². The van der Waals surface area contributed by atoms with Crippen molar-refractivity contribution in [1.82, 2.24) is 0 Å². The molecule has 0 fully saturated rings. The summed E-state index contributed by atoms with van der Waals surface area (Å²) in [5.74, 6) is -1.32. The fourth-order valence-corrected chi connectivity index (χ4v) is 4.85. The minimum Gasteiger partial charge on any atom is -0.322 e. The Labute approximate surface area is 140 Å². The molecule has 0 spiro atoms. The first-order valence-corrected chi connectivity index (χ1v) is 9.21. The lowest BCUT2D eigenvalue weighted by molar-refractivity contribution is 0.102. The highest BCUT2D eigenvalue weighted by Gasteiger charge is 2.16. The average Bonchev–Trinajstić information content (AvgIpc) is 2.66. The van der Waals surface area contributed by atoms with Crippen molar-refractivity contribution in [3.63, 3.8) is 0 Å². The Bertz CT molecular complexity index is 821. The molecule has 2 aromatic rings. The number of carbonyl (C=O) groups is 1. The van der Waals surface area contributed by atoms with Crippen LogP contribution in [0.25, 0.3) is 0 Å². The van der Waals surface area contributed by atoms with E-state index in [1.165, 1.54) is 11.3 Å². The molecule has 0 aliphatic carbocycles. The predicted octanol–water partition coefficient (Wildman–Crippen LogP) is 3.31. The monoisotopic (exact) mass is 456 g/mol. The standard InChI is InChI=1S/C11H7Br2FN2O3S2/c12-9-4-8(10(13)20-9)11(17)16-6-1-5(14)2-7(3-6)21(15,18)19/h1-4H,(H,16,17)(H2,15,18,19). The van der Waals surface area contributed by atoms with E-state index in [0.29, 0.717) is 9.35 Å². The zero-order valence-corrected chi connectivity index (χ0v) is 14.9. The zero-order valence-electron chi connectivity index (χ0n) is 10.1. The Balaban J connectivity index is 2.34. The number of hydrogen-bond donors (Lipinski definition) is 2. The third kappa shape index (κ3) is 4.10. The summed E-state index contributed by atoms with van der Waals surface area (Å²) in [5, 5.41) is 7.37. The molecule has 3 N–H and O–H groups in total. The molecule has 0 aliphatic heterocycles. The van der Waals surface area contributed by atoms with Crippen LogP contribution < -0.4 is 10.5 Å². The van der Waals surface area contributed by atoms with Crippen molar-refractivity contribution in [3.05, 3.63) is 43.2 Å². The van der Waals surface area contributed by atoms with Crippen LogP contribution >= 0.6 is 43.2 Å². The topological polar surface area (TPSA) is 89.3 Å². The van der Waals surface area contributed by atoms with E-state index in [1.54, 1.807) is 6.07 Å². The van der Waals surface area contributed by atoms with Crippen LogP contribution in [-0.2, 0) is 10.0 Å². The van der Waals surface area contributed by atoms with Gasteiger partial charge in [0.15, 0.2) is 0 Å². The molecule has 1 aromatic heterocycles. The van der Waals surface area contributed by atoms with Gasteiger partial charge in [0, 0.05) is 5.69 Å². The van der Waals surface area contributed by atoms with E-state index in [2.05, 4.69) is 37.2 Å². The average molecular weight is 458 g/mol. The number of nitrogens with two attached hydrogens (primary N) is 1. The molecule has 5 nitrogen and oxygen atoms in total. The lowest BCUT2D eigenvalue weighted by Gasteiger charge is -2.07. The molecule has 21 heavy (non-hydrogen) atoms. The van der Waals surface area contributed by atoms with E-state index >= 15 is 0 Å². The van der Waals surface area contributed by atoms with Gasteiger partial charge in [0.2, 0.25) is 10.0 Å². The maximum Gasteiger partial charge on any atom is 0.257 e. The van der Waals surface area contributed by atoms with Crippen LogP contribution in [0.3, 0.4) is 0 Å². The molecule has 0 atom stereocenters. The number of nitrogens with one attached hydrogen (secondary N) is 1. The van der Waals surface area contributed by atoms with E-state index < -0.39 is 26.6 Å². The Kier molecular flexibility index (Phi) is 4.83. The van der Waals surface area contributed by atoms with Gasteiger partial charge in [0.1, 0.15) is 5.82 Å². The fraction of sp³-hybridized carbons (Fsp3) is 0. The van der Waals surface area contributed by atoms with Crippen molar-refractivity contribution in [2.75, 3.05) is 5.32 Å². The lowest BCUT2D eigenvalue weighted by atomic mass is 10.2. The van der Waals surface area contributed by atoms with Crippen molar-refractivity contribution < 1.29 is 17.6 Å². The predicted molar refractivity (Wildman–Crippen MR) is 85.4 cm³/mol. The van der Waals surface area contributed by atoms with Crippen LogP contribution in [0, 0.1) is 5.82 Å². The van der Waals surface area contributed by atoms with Crippen LogP contribution in [0.5, 0.6) is 0 Å². The molecule has 0 aliphatic rings. The molecule has 0 bridgehead atoms. The largest absolute Gasteiger partial charge is 0.322 e. The van der Waals surface area contributed by atoms with E-state index in [1.807, 2.05) is 0 Å². The van der Waals surface area contributed by atoms with Gasteiger partial charge in [0.25, 0.3) is 5.91 Å². The first kappa shape index (κ1) is 16.6. The summed E-state index contributed by atoms with van der Waals surface area (Å²) in [7, 11) is -4.06. The number of thiophene rings is 1. The third-order valence-electron chi connectivity index (χ3n) is 2.36. The smallest absolute Gasteiger partial charge is 0.257 e. The fourth-order valence-electron chi connectivity index (χ4n) is 1.49. The number of carbonyl (C=O) groups excluding carboxylic acids is 1. The molecular weight excluding hydrogens is 451 g/mol. The van der Waals surface area contributed by atoms with Crippen LogP contribution in [-0.4, -0.2) is 14.3 Å². The first-order chi connectivity index (χ1) is 9.66. The van der Waals surface area contributed by atoms with Gasteiger partial charge in [-0.15, -0.1) is 11.3 Å². The minimum absolute atomic E-state index is 0.00162. The van der Waals surface area contributed by atoms with E-state index in [9.17, 15) is 17.6 Å². The normalized spacial score (nSPS) is 11.4. The van der Waals surface area contributed by atoms with Crippen molar-refractivity contribution in [2.45, 2.75) is 4.90 Å². The van der Waals surface area contributed by atoms with Gasteiger partial charge in [-0.05, 0) is 56.1 Å². The summed E-state index contributed by atoms with van der Waals surface area (Å²) in [4.78, 5) is 11.6. The molecule has 1 amide bonds. The van der Waals surface area contributed by atoms with Crippen molar-refractivity contribution in [1.29, 1.82) is 0 Å². The zero-order chi connectivity index (χ0) is 15.8. The van der Waals surface area contributed by atoms with E-state index in [4.69, 9.17) is 5.14 Å². The van der Waals surface area contributed by atoms with Crippen molar-refractivity contribution >= 4 is 64.8 Å². The number of amides is 1. The Morgan fingerprint density at radius 2 is 1.90 bits per heavy atom. The van der Waals surface area contributed by atoms with Gasteiger partial charge in [-0.2, -0.15) is 0 Å². The summed E-state index contributed by atoms with van der Waals surface area (Å²) in [5.41, 5.74) is 0.339. The maximum atomic E-state index is 13.4. The second-order valence-electron chi connectivity index (χ2n) is 3.91. The summed E-state index contributed by atoms with van der Waals surface area (Å²) < 4.78 is 37.2. The number of anilines is 1. The van der Waals surface area contributed by atoms with Gasteiger partial charge in [-0.1, -0.05) is 0 Å². The summed E-state index contributed by atoms with van der Waals surface area (Å²) in [6.07, 6.45) is 0. The van der Waals surface area contributed by atoms with Crippen LogP contribution in [0.4, 0.5) is 10.1 Å². The number of primary sulfonamides is 1. The molecule has 0 radical (unpaired) electrons. The van der Waals surface area contributed by atoms with Crippen LogP contribution in [0.2, 0.25) is 0 Å². The first-order valence-electron chi connectivity index (χ1n) is 5.26. The Hall–Kier alpha value is -0.810. The number of halogens is 3. The van der Waals surface area contributed by atoms with Gasteiger partial charge >= 0.3 is 0 Å². The van der Waals surface area contributed by atoms with E-state index in [-0.39, 0.29) is 5.69 Å². The second-order valence-corrected chi connectivity index (χ2v) is 9.22. The van der Waals surface area contributed by atoms with E-state index in [0.717, 1.165) is 22.0 Å². The van der Waals surface area contributed by atoms with Crippen molar-refractivity contribution in [3.8, 4) is 0 Å². The molecule has 10 heteroatoms. The highest BCUT2D eigenvalue weighted by atomic mass is 79.9. The number of hydrogen-bond acceptors (Lipinski definition) is 4. The SMILES string of the molecule is NS(=O)(=O)c1cc(F)cc(NC(=O)c2cc(Br)sc2Br)c1.